The Kier molecular flexibility index (Phi) is 6.55. The van der Waals surface area contributed by atoms with Gasteiger partial charge in [-0.25, -0.2) is 4.98 Å². The number of benzene rings is 1. The standard InChI is InChI=1S/C17H14N4OS.ClH/c22-21-12-13-11-20-17(23-13)7-3-4-9-18-16-8-10-19-15-6-2-1-5-14(15)16;/h1-2,5-6,8,10-12,22H,4,9H2,(H,18,19);1H/b21-12-;. The minimum Gasteiger partial charge on any atom is -0.411 e. The maximum Gasteiger partial charge on any atom is 0.167 e. The highest BCUT2D eigenvalue weighted by Crippen LogP contribution is 2.20. The second kappa shape index (κ2) is 8.87. The second-order valence-corrected chi connectivity index (χ2v) is 5.73. The van der Waals surface area contributed by atoms with E-state index in [2.05, 4.69) is 38.3 Å². The smallest absolute Gasteiger partial charge is 0.167 e. The third kappa shape index (κ3) is 4.44. The van der Waals surface area contributed by atoms with Crippen LogP contribution in [0.4, 0.5) is 5.69 Å². The summed E-state index contributed by atoms with van der Waals surface area (Å²) in [5, 5.41) is 16.6. The van der Waals surface area contributed by atoms with Gasteiger partial charge in [0.25, 0.3) is 0 Å². The molecule has 0 saturated heterocycles. The van der Waals surface area contributed by atoms with E-state index in [9.17, 15) is 0 Å². The molecule has 0 bridgehead atoms. The number of aromatic nitrogens is 2. The number of nitrogens with zero attached hydrogens (tertiary/aromatic N) is 3. The van der Waals surface area contributed by atoms with E-state index in [1.807, 2.05) is 24.3 Å². The molecule has 0 aliphatic heterocycles. The lowest BCUT2D eigenvalue weighted by Gasteiger charge is -2.07. The molecule has 1 aromatic carbocycles. The van der Waals surface area contributed by atoms with E-state index < -0.39 is 0 Å². The number of oxime groups is 1. The van der Waals surface area contributed by atoms with Crippen molar-refractivity contribution in [3.05, 3.63) is 52.6 Å². The van der Waals surface area contributed by atoms with Crippen LogP contribution in [0.5, 0.6) is 0 Å². The number of rotatable bonds is 4. The molecule has 122 valence electrons. The maximum atomic E-state index is 8.46. The van der Waals surface area contributed by atoms with Crippen molar-refractivity contribution in [2.75, 3.05) is 11.9 Å². The molecule has 0 radical (unpaired) electrons. The van der Waals surface area contributed by atoms with Gasteiger partial charge < -0.3 is 10.5 Å². The van der Waals surface area contributed by atoms with Crippen molar-refractivity contribution < 1.29 is 5.21 Å². The first-order valence-corrected chi connectivity index (χ1v) is 7.88. The van der Waals surface area contributed by atoms with E-state index in [1.54, 1.807) is 12.4 Å². The SMILES string of the molecule is Cl.O/N=C\c1cnc(C#CCCNc2ccnc3ccccc23)s1. The van der Waals surface area contributed by atoms with Crippen LogP contribution in [0, 0.1) is 11.8 Å². The molecule has 2 N–H and O–H groups in total. The Morgan fingerprint density at radius 2 is 2.12 bits per heavy atom. The second-order valence-electron chi connectivity index (χ2n) is 4.67. The van der Waals surface area contributed by atoms with Gasteiger partial charge in [-0.3, -0.25) is 4.98 Å². The third-order valence-electron chi connectivity index (χ3n) is 3.12. The molecule has 24 heavy (non-hydrogen) atoms. The van der Waals surface area contributed by atoms with Crippen molar-refractivity contribution >= 4 is 46.5 Å². The van der Waals surface area contributed by atoms with Crippen LogP contribution in [0.3, 0.4) is 0 Å². The van der Waals surface area contributed by atoms with Crippen molar-refractivity contribution in [1.82, 2.24) is 9.97 Å². The molecule has 0 fully saturated rings. The van der Waals surface area contributed by atoms with E-state index in [1.165, 1.54) is 17.6 Å². The summed E-state index contributed by atoms with van der Waals surface area (Å²) < 4.78 is 0. The van der Waals surface area contributed by atoms with Gasteiger partial charge in [-0.05, 0) is 18.1 Å². The summed E-state index contributed by atoms with van der Waals surface area (Å²) in [7, 11) is 0. The van der Waals surface area contributed by atoms with Gasteiger partial charge in [0.1, 0.15) is 0 Å². The van der Waals surface area contributed by atoms with Gasteiger partial charge in [-0.15, -0.1) is 23.7 Å². The third-order valence-corrected chi connectivity index (χ3v) is 3.97. The largest absolute Gasteiger partial charge is 0.411 e. The van der Waals surface area contributed by atoms with Crippen LogP contribution < -0.4 is 5.32 Å². The maximum absolute atomic E-state index is 8.46. The molecule has 0 unspecified atom stereocenters. The molecular weight excluding hydrogens is 344 g/mol. The molecule has 0 spiro atoms. The average Bonchev–Trinajstić information content (AvgIpc) is 3.02. The average molecular weight is 359 g/mol. The lowest BCUT2D eigenvalue weighted by atomic mass is 10.2. The number of para-hydroxylation sites is 1. The Morgan fingerprint density at radius 1 is 1.25 bits per heavy atom. The first kappa shape index (κ1) is 17.7. The van der Waals surface area contributed by atoms with Gasteiger partial charge >= 0.3 is 0 Å². The van der Waals surface area contributed by atoms with Crippen molar-refractivity contribution in [1.29, 1.82) is 0 Å². The van der Waals surface area contributed by atoms with Crippen LogP contribution in [0.1, 0.15) is 16.3 Å². The van der Waals surface area contributed by atoms with Crippen molar-refractivity contribution in [2.45, 2.75) is 6.42 Å². The van der Waals surface area contributed by atoms with Gasteiger partial charge in [0, 0.05) is 36.4 Å². The molecular formula is C17H15ClN4OS. The Labute approximate surface area is 149 Å². The zero-order chi connectivity index (χ0) is 15.9. The van der Waals surface area contributed by atoms with E-state index in [0.29, 0.717) is 11.4 Å². The zero-order valence-electron chi connectivity index (χ0n) is 12.6. The summed E-state index contributed by atoms with van der Waals surface area (Å²) >= 11 is 1.39. The quantitative estimate of drug-likeness (QED) is 0.245. The molecule has 0 saturated carbocycles. The summed E-state index contributed by atoms with van der Waals surface area (Å²) in [5.41, 5.74) is 2.04. The van der Waals surface area contributed by atoms with E-state index in [0.717, 1.165) is 28.0 Å². The Hall–Kier alpha value is -2.62. The number of pyridine rings is 1. The van der Waals surface area contributed by atoms with Gasteiger partial charge in [-0.2, -0.15) is 0 Å². The predicted octanol–water partition coefficient (Wildman–Crippen LogP) is 3.77. The molecule has 0 atom stereocenters. The highest BCUT2D eigenvalue weighted by atomic mass is 35.5. The van der Waals surface area contributed by atoms with Crippen molar-refractivity contribution in [3.8, 4) is 11.8 Å². The fraction of sp³-hybridized carbons (Fsp3) is 0.118. The van der Waals surface area contributed by atoms with Crippen LogP contribution in [0.2, 0.25) is 0 Å². The first-order valence-electron chi connectivity index (χ1n) is 7.06. The normalized spacial score (nSPS) is 10.2. The van der Waals surface area contributed by atoms with Crippen molar-refractivity contribution in [2.24, 2.45) is 5.16 Å². The predicted molar refractivity (Wildman–Crippen MR) is 100 cm³/mol. The van der Waals surface area contributed by atoms with Gasteiger partial charge in [-0.1, -0.05) is 29.3 Å². The zero-order valence-corrected chi connectivity index (χ0v) is 14.3. The number of thiazole rings is 1. The molecule has 0 aliphatic rings. The molecule has 2 aromatic heterocycles. The number of halogens is 1. The van der Waals surface area contributed by atoms with Crippen molar-refractivity contribution in [3.63, 3.8) is 0 Å². The number of anilines is 1. The Morgan fingerprint density at radius 3 is 3.00 bits per heavy atom. The van der Waals surface area contributed by atoms with Crippen LogP contribution in [0.25, 0.3) is 10.9 Å². The Bertz CT molecular complexity index is 893. The molecule has 5 nitrogen and oxygen atoms in total. The number of hydrogen-bond donors (Lipinski definition) is 2. The lowest BCUT2D eigenvalue weighted by Crippen LogP contribution is -2.01. The fourth-order valence-corrected chi connectivity index (χ4v) is 2.77. The summed E-state index contributed by atoms with van der Waals surface area (Å²) in [6.45, 7) is 0.747. The van der Waals surface area contributed by atoms with Crippen LogP contribution >= 0.6 is 23.7 Å². The minimum atomic E-state index is 0. The summed E-state index contributed by atoms with van der Waals surface area (Å²) in [6, 6.07) is 10.0. The number of fused-ring (bicyclic) bond motifs is 1. The summed E-state index contributed by atoms with van der Waals surface area (Å²) in [5.74, 6) is 6.10. The number of hydrogen-bond acceptors (Lipinski definition) is 6. The Balaban J connectivity index is 0.00000208. The topological polar surface area (TPSA) is 70.4 Å². The molecule has 3 rings (SSSR count). The molecule has 2 heterocycles. The van der Waals surface area contributed by atoms with Crippen LogP contribution in [-0.4, -0.2) is 27.9 Å². The molecule has 0 aliphatic carbocycles. The summed E-state index contributed by atoms with van der Waals surface area (Å²) in [6.07, 6.45) is 5.49. The fourth-order valence-electron chi connectivity index (χ4n) is 2.11. The lowest BCUT2D eigenvalue weighted by molar-refractivity contribution is 0.322. The van der Waals surface area contributed by atoms with Gasteiger partial charge in [0.2, 0.25) is 0 Å². The minimum absolute atomic E-state index is 0. The highest BCUT2D eigenvalue weighted by Gasteiger charge is 1.99. The summed E-state index contributed by atoms with van der Waals surface area (Å²) in [4.78, 5) is 9.26. The molecule has 7 heteroatoms. The van der Waals surface area contributed by atoms with Gasteiger partial charge in [0.15, 0.2) is 5.01 Å². The van der Waals surface area contributed by atoms with E-state index in [4.69, 9.17) is 5.21 Å². The number of nitrogens with one attached hydrogen (secondary N) is 1. The van der Waals surface area contributed by atoms with E-state index >= 15 is 0 Å². The van der Waals surface area contributed by atoms with Gasteiger partial charge in [0.05, 0.1) is 16.6 Å². The van der Waals surface area contributed by atoms with Crippen LogP contribution in [0.15, 0.2) is 47.9 Å². The molecule has 0 amide bonds. The molecule has 3 aromatic rings. The monoisotopic (exact) mass is 358 g/mol. The van der Waals surface area contributed by atoms with E-state index in [-0.39, 0.29) is 12.4 Å². The van der Waals surface area contributed by atoms with Crippen LogP contribution in [-0.2, 0) is 0 Å². The highest BCUT2D eigenvalue weighted by molar-refractivity contribution is 7.13. The first-order chi connectivity index (χ1) is 11.4.